The molecular weight excluding hydrogens is 399 g/mol. The molecule has 0 aliphatic carbocycles. The zero-order chi connectivity index (χ0) is 20.7. The minimum absolute atomic E-state index is 0.290. The number of thiazole rings is 1. The highest BCUT2D eigenvalue weighted by Crippen LogP contribution is 2.29. The normalized spacial score (nSPS) is 11.7. The number of nitrogens with zero attached hydrogens (tertiary/aromatic N) is 2. The highest BCUT2D eigenvalue weighted by atomic mass is 32.1. The first-order chi connectivity index (χ1) is 13.9. The van der Waals surface area contributed by atoms with E-state index >= 15 is 0 Å². The molecule has 0 fully saturated rings. The topological polar surface area (TPSA) is 54.9 Å². The first-order valence-corrected chi connectivity index (χ1v) is 9.78. The second-order valence-electron chi connectivity index (χ2n) is 6.21. The van der Waals surface area contributed by atoms with Crippen LogP contribution in [-0.2, 0) is 17.4 Å². The van der Waals surface area contributed by atoms with Crippen molar-refractivity contribution in [1.82, 2.24) is 15.3 Å². The van der Waals surface area contributed by atoms with Gasteiger partial charge in [0.1, 0.15) is 0 Å². The van der Waals surface area contributed by atoms with Crippen molar-refractivity contribution in [1.29, 1.82) is 0 Å². The van der Waals surface area contributed by atoms with E-state index in [0.717, 1.165) is 41.2 Å². The predicted octanol–water partition coefficient (Wildman–Crippen LogP) is 4.99. The van der Waals surface area contributed by atoms with E-state index in [0.29, 0.717) is 12.1 Å². The summed E-state index contributed by atoms with van der Waals surface area (Å²) in [6.07, 6.45) is 3.37. The highest BCUT2D eigenvalue weighted by molar-refractivity contribution is 7.09. The van der Waals surface area contributed by atoms with Crippen LogP contribution in [0.5, 0.6) is 0 Å². The molecule has 0 aliphatic rings. The van der Waals surface area contributed by atoms with Crippen molar-refractivity contribution in [3.8, 4) is 11.3 Å². The Balaban J connectivity index is 1.41. The third kappa shape index (κ3) is 6.25. The van der Waals surface area contributed by atoms with Gasteiger partial charge in [0.05, 0.1) is 16.3 Å². The number of benzene rings is 1. The Kier molecular flexibility index (Phi) is 6.77. The molecule has 150 valence electrons. The molecule has 1 aromatic carbocycles. The molecule has 0 saturated heterocycles. The molecule has 0 spiro atoms. The van der Waals surface area contributed by atoms with Gasteiger partial charge >= 0.3 is 6.18 Å². The number of pyridine rings is 1. The molecule has 0 aliphatic heterocycles. The molecule has 4 nitrogen and oxygen atoms in total. The summed E-state index contributed by atoms with van der Waals surface area (Å²) in [5.41, 5.74) is 1.74. The molecule has 8 heteroatoms. The van der Waals surface area contributed by atoms with Crippen LogP contribution in [0.15, 0.2) is 60.2 Å². The Morgan fingerprint density at radius 2 is 1.83 bits per heavy atom. The van der Waals surface area contributed by atoms with Gasteiger partial charge < -0.3 is 5.32 Å². The van der Waals surface area contributed by atoms with E-state index < -0.39 is 11.7 Å². The number of aryl methyl sites for hydroxylation is 1. The molecule has 0 radical (unpaired) electrons. The van der Waals surface area contributed by atoms with Gasteiger partial charge in [0, 0.05) is 42.4 Å². The maximum atomic E-state index is 12.5. The summed E-state index contributed by atoms with van der Waals surface area (Å²) in [5.74, 6) is -0.290. The lowest BCUT2D eigenvalue weighted by Gasteiger charge is -2.06. The zero-order valence-corrected chi connectivity index (χ0v) is 16.1. The van der Waals surface area contributed by atoms with Crippen LogP contribution < -0.4 is 5.32 Å². The average Bonchev–Trinajstić information content (AvgIpc) is 3.19. The number of hydrogen-bond acceptors (Lipinski definition) is 4. The molecule has 3 rings (SSSR count). The second-order valence-corrected chi connectivity index (χ2v) is 7.15. The van der Waals surface area contributed by atoms with E-state index in [1.54, 1.807) is 23.7 Å². The number of alkyl halides is 3. The van der Waals surface area contributed by atoms with Gasteiger partial charge in [-0.25, -0.2) is 4.98 Å². The van der Waals surface area contributed by atoms with Gasteiger partial charge in [-0.2, -0.15) is 13.2 Å². The van der Waals surface area contributed by atoms with Gasteiger partial charge in [0.15, 0.2) is 0 Å². The number of halogens is 3. The number of rotatable bonds is 7. The van der Waals surface area contributed by atoms with Crippen molar-refractivity contribution in [2.75, 3.05) is 6.54 Å². The van der Waals surface area contributed by atoms with Gasteiger partial charge in [-0.05, 0) is 42.3 Å². The summed E-state index contributed by atoms with van der Waals surface area (Å²) in [6.45, 7) is 0.486. The van der Waals surface area contributed by atoms with Gasteiger partial charge in [-0.3, -0.25) is 9.78 Å². The Morgan fingerprint density at radius 3 is 2.52 bits per heavy atom. The monoisotopic (exact) mass is 417 g/mol. The van der Waals surface area contributed by atoms with E-state index in [4.69, 9.17) is 0 Å². The average molecular weight is 417 g/mol. The minimum Gasteiger partial charge on any atom is -0.353 e. The number of amides is 1. The van der Waals surface area contributed by atoms with Crippen LogP contribution in [-0.4, -0.2) is 22.4 Å². The van der Waals surface area contributed by atoms with Crippen molar-refractivity contribution in [2.24, 2.45) is 0 Å². The summed E-state index contributed by atoms with van der Waals surface area (Å²) < 4.78 is 37.6. The van der Waals surface area contributed by atoms with Crippen molar-refractivity contribution in [2.45, 2.75) is 19.0 Å². The van der Waals surface area contributed by atoms with E-state index in [2.05, 4.69) is 15.3 Å². The van der Waals surface area contributed by atoms with Crippen LogP contribution >= 0.6 is 11.3 Å². The van der Waals surface area contributed by atoms with Gasteiger partial charge in [0.2, 0.25) is 5.91 Å². The van der Waals surface area contributed by atoms with Crippen LogP contribution in [0.25, 0.3) is 17.3 Å². The Labute approximate surface area is 170 Å². The van der Waals surface area contributed by atoms with E-state index in [9.17, 15) is 18.0 Å². The summed E-state index contributed by atoms with van der Waals surface area (Å²) in [5, 5.41) is 5.75. The Hall–Kier alpha value is -3.00. The maximum Gasteiger partial charge on any atom is 0.416 e. The number of carbonyl (C=O) groups excluding carboxylic acids is 1. The maximum absolute atomic E-state index is 12.5. The third-order valence-electron chi connectivity index (χ3n) is 4.06. The molecule has 0 atom stereocenters. The molecule has 1 amide bonds. The lowest BCUT2D eigenvalue weighted by Crippen LogP contribution is -2.22. The molecule has 2 aromatic heterocycles. The van der Waals surface area contributed by atoms with E-state index in [-0.39, 0.29) is 5.91 Å². The van der Waals surface area contributed by atoms with Gasteiger partial charge in [-0.1, -0.05) is 12.1 Å². The minimum atomic E-state index is -4.36. The molecule has 2 heterocycles. The first-order valence-electron chi connectivity index (χ1n) is 8.90. The van der Waals surface area contributed by atoms with Crippen LogP contribution in [0.2, 0.25) is 0 Å². The van der Waals surface area contributed by atoms with E-state index in [1.165, 1.54) is 24.3 Å². The van der Waals surface area contributed by atoms with Crippen LogP contribution in [0.3, 0.4) is 0 Å². The second kappa shape index (κ2) is 9.47. The summed E-state index contributed by atoms with van der Waals surface area (Å²) in [6, 6.07) is 8.45. The largest absolute Gasteiger partial charge is 0.416 e. The standard InChI is InChI=1S/C21H18F3N3OS/c22-21(23,24)17-6-3-15(4-7-17)5-8-19(28)26-11-1-2-20-27-18(14-29-20)16-9-12-25-13-10-16/h3-10,12-14H,1-2,11H2,(H,26,28)/b8-5+. The first kappa shape index (κ1) is 20.7. The lowest BCUT2D eigenvalue weighted by molar-refractivity contribution is -0.137. The van der Waals surface area contributed by atoms with Crippen molar-refractivity contribution in [3.63, 3.8) is 0 Å². The molecule has 3 aromatic rings. The van der Waals surface area contributed by atoms with Crippen LogP contribution in [0.1, 0.15) is 22.6 Å². The molecular formula is C21H18F3N3OS. The molecule has 1 N–H and O–H groups in total. The number of carbonyl (C=O) groups is 1. The predicted molar refractivity (Wildman–Crippen MR) is 107 cm³/mol. The number of hydrogen-bond donors (Lipinski definition) is 1. The van der Waals surface area contributed by atoms with Crippen LogP contribution in [0, 0.1) is 0 Å². The molecule has 0 unspecified atom stereocenters. The fourth-order valence-corrected chi connectivity index (χ4v) is 3.40. The number of aromatic nitrogens is 2. The van der Waals surface area contributed by atoms with Crippen molar-refractivity contribution < 1.29 is 18.0 Å². The Morgan fingerprint density at radius 1 is 1.10 bits per heavy atom. The quantitative estimate of drug-likeness (QED) is 0.435. The molecule has 0 saturated carbocycles. The SMILES string of the molecule is O=C(/C=C/c1ccc(C(F)(F)F)cc1)NCCCc1nc(-c2ccncc2)cs1. The summed E-state index contributed by atoms with van der Waals surface area (Å²) in [4.78, 5) is 20.4. The van der Waals surface area contributed by atoms with Crippen molar-refractivity contribution >= 4 is 23.3 Å². The smallest absolute Gasteiger partial charge is 0.353 e. The number of nitrogens with one attached hydrogen (secondary N) is 1. The van der Waals surface area contributed by atoms with Crippen LogP contribution in [0.4, 0.5) is 13.2 Å². The summed E-state index contributed by atoms with van der Waals surface area (Å²) in [7, 11) is 0. The van der Waals surface area contributed by atoms with E-state index in [1.807, 2.05) is 17.5 Å². The third-order valence-corrected chi connectivity index (χ3v) is 4.97. The van der Waals surface area contributed by atoms with Gasteiger partial charge in [-0.15, -0.1) is 11.3 Å². The fourth-order valence-electron chi connectivity index (χ4n) is 2.55. The van der Waals surface area contributed by atoms with Crippen molar-refractivity contribution in [3.05, 3.63) is 76.4 Å². The highest BCUT2D eigenvalue weighted by Gasteiger charge is 2.29. The zero-order valence-electron chi connectivity index (χ0n) is 15.3. The lowest BCUT2D eigenvalue weighted by atomic mass is 10.1. The molecule has 0 bridgehead atoms. The molecule has 29 heavy (non-hydrogen) atoms. The Bertz CT molecular complexity index is 967. The fraction of sp³-hybridized carbons (Fsp3) is 0.190. The summed E-state index contributed by atoms with van der Waals surface area (Å²) >= 11 is 1.58. The van der Waals surface area contributed by atoms with Gasteiger partial charge in [0.25, 0.3) is 0 Å².